The van der Waals surface area contributed by atoms with Crippen molar-refractivity contribution in [3.8, 4) is 0 Å². The quantitative estimate of drug-likeness (QED) is 0.868. The van der Waals surface area contributed by atoms with E-state index < -0.39 is 0 Å². The monoisotopic (exact) mass is 385 g/mol. The van der Waals surface area contributed by atoms with E-state index >= 15 is 0 Å². The fourth-order valence-electron chi connectivity index (χ4n) is 3.06. The first kappa shape index (κ1) is 19.2. The van der Waals surface area contributed by atoms with Gasteiger partial charge >= 0.3 is 0 Å². The number of carbonyl (C=O) groups is 2. The lowest BCUT2D eigenvalue weighted by molar-refractivity contribution is -0.118. The first-order valence-electron chi connectivity index (χ1n) is 9.15. The second-order valence-electron chi connectivity index (χ2n) is 6.95. The molecule has 0 aromatic heterocycles. The average Bonchev–Trinajstić information content (AvgIpc) is 2.68. The van der Waals surface area contributed by atoms with Gasteiger partial charge in [0.1, 0.15) is 0 Å². The largest absolute Gasteiger partial charge is 0.366 e. The Balaban J connectivity index is 1.66. The van der Waals surface area contributed by atoms with Gasteiger partial charge in [-0.05, 0) is 36.4 Å². The van der Waals surface area contributed by atoms with Gasteiger partial charge in [-0.2, -0.15) is 0 Å². The minimum Gasteiger partial charge on any atom is -0.366 e. The van der Waals surface area contributed by atoms with Crippen molar-refractivity contribution in [1.29, 1.82) is 0 Å². The van der Waals surface area contributed by atoms with Crippen LogP contribution in [-0.4, -0.2) is 42.9 Å². The Hall–Kier alpha value is -2.53. The predicted octanol–water partition coefficient (Wildman–Crippen LogP) is 3.90. The Morgan fingerprint density at radius 2 is 1.59 bits per heavy atom. The molecule has 0 aliphatic carbocycles. The summed E-state index contributed by atoms with van der Waals surface area (Å²) in [6.45, 7) is 6.45. The Labute approximate surface area is 164 Å². The van der Waals surface area contributed by atoms with E-state index in [9.17, 15) is 9.59 Å². The lowest BCUT2D eigenvalue weighted by Crippen LogP contribution is -2.49. The normalized spacial score (nSPS) is 14.4. The minimum absolute atomic E-state index is 0.000924. The van der Waals surface area contributed by atoms with Crippen LogP contribution in [0.3, 0.4) is 0 Å². The van der Waals surface area contributed by atoms with Crippen molar-refractivity contribution < 1.29 is 9.59 Å². The highest BCUT2D eigenvalue weighted by molar-refractivity contribution is 6.30. The van der Waals surface area contributed by atoms with E-state index in [2.05, 4.69) is 10.2 Å². The average molecular weight is 386 g/mol. The lowest BCUT2D eigenvalue weighted by atomic mass is 10.1. The summed E-state index contributed by atoms with van der Waals surface area (Å²) in [7, 11) is 0. The van der Waals surface area contributed by atoms with Crippen LogP contribution >= 0.6 is 11.6 Å². The third-order valence-electron chi connectivity index (χ3n) is 4.69. The van der Waals surface area contributed by atoms with Crippen LogP contribution in [0, 0.1) is 5.92 Å². The van der Waals surface area contributed by atoms with E-state index in [1.165, 1.54) is 0 Å². The SMILES string of the molecule is CC(C)C(=O)Nc1ccccc1N1CCN(C(=O)c2ccc(Cl)cc2)CC1. The van der Waals surface area contributed by atoms with E-state index in [0.29, 0.717) is 36.8 Å². The molecule has 0 bridgehead atoms. The topological polar surface area (TPSA) is 52.7 Å². The van der Waals surface area contributed by atoms with Gasteiger partial charge in [-0.25, -0.2) is 0 Å². The van der Waals surface area contributed by atoms with E-state index in [-0.39, 0.29) is 17.7 Å². The molecule has 0 atom stereocenters. The summed E-state index contributed by atoms with van der Waals surface area (Å²) in [6.07, 6.45) is 0. The van der Waals surface area contributed by atoms with Gasteiger partial charge in [-0.15, -0.1) is 0 Å². The van der Waals surface area contributed by atoms with Crippen molar-refractivity contribution in [3.63, 3.8) is 0 Å². The third kappa shape index (κ3) is 4.61. The zero-order chi connectivity index (χ0) is 19.4. The van der Waals surface area contributed by atoms with Crippen LogP contribution in [0.2, 0.25) is 5.02 Å². The molecule has 6 heteroatoms. The number of amides is 2. The van der Waals surface area contributed by atoms with Crippen LogP contribution in [0.4, 0.5) is 11.4 Å². The maximum Gasteiger partial charge on any atom is 0.253 e. The molecule has 27 heavy (non-hydrogen) atoms. The smallest absolute Gasteiger partial charge is 0.253 e. The maximum absolute atomic E-state index is 12.6. The van der Waals surface area contributed by atoms with Gasteiger partial charge in [0, 0.05) is 42.7 Å². The molecule has 1 aliphatic heterocycles. The molecule has 142 valence electrons. The number of rotatable bonds is 4. The summed E-state index contributed by atoms with van der Waals surface area (Å²) in [6, 6.07) is 14.8. The van der Waals surface area contributed by atoms with Crippen molar-refractivity contribution in [3.05, 3.63) is 59.1 Å². The number of anilines is 2. The molecule has 1 heterocycles. The highest BCUT2D eigenvalue weighted by Gasteiger charge is 2.24. The zero-order valence-corrected chi connectivity index (χ0v) is 16.4. The number of piperazine rings is 1. The van der Waals surface area contributed by atoms with Crippen LogP contribution in [0.5, 0.6) is 0 Å². The van der Waals surface area contributed by atoms with Crippen molar-refractivity contribution in [2.24, 2.45) is 5.92 Å². The number of hydrogen-bond acceptors (Lipinski definition) is 3. The van der Waals surface area contributed by atoms with Crippen LogP contribution in [-0.2, 0) is 4.79 Å². The van der Waals surface area contributed by atoms with E-state index in [1.54, 1.807) is 24.3 Å². The molecule has 1 saturated heterocycles. The van der Waals surface area contributed by atoms with Crippen molar-refractivity contribution >= 4 is 34.8 Å². The Bertz CT molecular complexity index is 812. The molecule has 2 amide bonds. The number of hydrogen-bond donors (Lipinski definition) is 1. The molecular weight excluding hydrogens is 362 g/mol. The Kier molecular flexibility index (Phi) is 6.01. The summed E-state index contributed by atoms with van der Waals surface area (Å²) in [5.41, 5.74) is 2.45. The predicted molar refractivity (Wildman–Crippen MR) is 109 cm³/mol. The van der Waals surface area contributed by atoms with Gasteiger partial charge < -0.3 is 15.1 Å². The second-order valence-corrected chi connectivity index (χ2v) is 7.38. The number of nitrogens with zero attached hydrogens (tertiary/aromatic N) is 2. The molecule has 2 aromatic carbocycles. The summed E-state index contributed by atoms with van der Waals surface area (Å²) in [5, 5.41) is 3.62. The van der Waals surface area contributed by atoms with Gasteiger partial charge in [0.05, 0.1) is 11.4 Å². The van der Waals surface area contributed by atoms with Crippen LogP contribution in [0.1, 0.15) is 24.2 Å². The summed E-state index contributed by atoms with van der Waals surface area (Å²) < 4.78 is 0. The molecule has 0 saturated carbocycles. The van der Waals surface area contributed by atoms with E-state index in [0.717, 1.165) is 11.4 Å². The molecule has 0 radical (unpaired) electrons. The van der Waals surface area contributed by atoms with Gasteiger partial charge in [0.25, 0.3) is 5.91 Å². The number of halogens is 1. The summed E-state index contributed by atoms with van der Waals surface area (Å²) in [5.74, 6) is -0.0568. The summed E-state index contributed by atoms with van der Waals surface area (Å²) in [4.78, 5) is 28.8. The minimum atomic E-state index is -0.0769. The lowest BCUT2D eigenvalue weighted by Gasteiger charge is -2.37. The highest BCUT2D eigenvalue weighted by Crippen LogP contribution is 2.27. The van der Waals surface area contributed by atoms with Crippen molar-refractivity contribution in [1.82, 2.24) is 4.90 Å². The van der Waals surface area contributed by atoms with Crippen LogP contribution < -0.4 is 10.2 Å². The second kappa shape index (κ2) is 8.44. The Morgan fingerprint density at radius 1 is 0.963 bits per heavy atom. The summed E-state index contributed by atoms with van der Waals surface area (Å²) >= 11 is 5.90. The van der Waals surface area contributed by atoms with Crippen molar-refractivity contribution in [2.75, 3.05) is 36.4 Å². The maximum atomic E-state index is 12.6. The number of benzene rings is 2. The molecule has 0 unspecified atom stereocenters. The standard InChI is InChI=1S/C21H24ClN3O2/c1-15(2)20(26)23-18-5-3-4-6-19(18)24-11-13-25(14-12-24)21(27)16-7-9-17(22)10-8-16/h3-10,15H,11-14H2,1-2H3,(H,23,26). The first-order chi connectivity index (χ1) is 13.0. The Morgan fingerprint density at radius 3 is 2.22 bits per heavy atom. The fourth-order valence-corrected chi connectivity index (χ4v) is 3.18. The molecule has 1 fully saturated rings. The van der Waals surface area contributed by atoms with Gasteiger partial charge in [0.2, 0.25) is 5.91 Å². The van der Waals surface area contributed by atoms with Gasteiger partial charge in [0.15, 0.2) is 0 Å². The van der Waals surface area contributed by atoms with Crippen LogP contribution in [0.25, 0.3) is 0 Å². The van der Waals surface area contributed by atoms with Gasteiger partial charge in [-0.1, -0.05) is 37.6 Å². The number of carbonyl (C=O) groups excluding carboxylic acids is 2. The fraction of sp³-hybridized carbons (Fsp3) is 0.333. The number of nitrogens with one attached hydrogen (secondary N) is 1. The van der Waals surface area contributed by atoms with Crippen molar-refractivity contribution in [2.45, 2.75) is 13.8 Å². The zero-order valence-electron chi connectivity index (χ0n) is 15.6. The third-order valence-corrected chi connectivity index (χ3v) is 4.94. The molecular formula is C21H24ClN3O2. The molecule has 2 aromatic rings. The molecule has 5 nitrogen and oxygen atoms in total. The molecule has 1 N–H and O–H groups in total. The molecule has 1 aliphatic rings. The van der Waals surface area contributed by atoms with E-state index in [1.807, 2.05) is 43.0 Å². The van der Waals surface area contributed by atoms with Gasteiger partial charge in [-0.3, -0.25) is 9.59 Å². The molecule has 3 rings (SSSR count). The number of para-hydroxylation sites is 2. The molecule has 0 spiro atoms. The highest BCUT2D eigenvalue weighted by atomic mass is 35.5. The van der Waals surface area contributed by atoms with Crippen LogP contribution in [0.15, 0.2) is 48.5 Å². The van der Waals surface area contributed by atoms with E-state index in [4.69, 9.17) is 11.6 Å². The first-order valence-corrected chi connectivity index (χ1v) is 9.53.